The van der Waals surface area contributed by atoms with Gasteiger partial charge in [0.15, 0.2) is 0 Å². The molecule has 0 aliphatic carbocycles. The number of hydrogen-bond donors (Lipinski definition) is 1. The van der Waals surface area contributed by atoms with Crippen molar-refractivity contribution >= 4 is 15.9 Å². The topological polar surface area (TPSA) is 69.7 Å². The lowest BCUT2D eigenvalue weighted by Gasteiger charge is -2.34. The lowest BCUT2D eigenvalue weighted by atomic mass is 9.87. The summed E-state index contributed by atoms with van der Waals surface area (Å²) in [5, 5.41) is 3.00. The van der Waals surface area contributed by atoms with Crippen molar-refractivity contribution in [2.75, 3.05) is 32.7 Å². The molecule has 1 aromatic carbocycles. The van der Waals surface area contributed by atoms with Gasteiger partial charge in [-0.3, -0.25) is 9.69 Å². The Balaban J connectivity index is 1.94. The van der Waals surface area contributed by atoms with Crippen LogP contribution in [0.15, 0.2) is 29.2 Å². The quantitative estimate of drug-likeness (QED) is 0.784. The summed E-state index contributed by atoms with van der Waals surface area (Å²) >= 11 is 0. The number of sulfonamides is 1. The number of hydrogen-bond acceptors (Lipinski definition) is 4. The number of benzene rings is 1. The minimum absolute atomic E-state index is 0.00437. The van der Waals surface area contributed by atoms with Crippen LogP contribution in [0.2, 0.25) is 0 Å². The van der Waals surface area contributed by atoms with E-state index in [2.05, 4.69) is 39.9 Å². The third-order valence-electron chi connectivity index (χ3n) is 5.45. The van der Waals surface area contributed by atoms with Crippen LogP contribution in [0.25, 0.3) is 0 Å². The summed E-state index contributed by atoms with van der Waals surface area (Å²) in [4.78, 5) is 14.5. The number of amides is 1. The van der Waals surface area contributed by atoms with Gasteiger partial charge in [0.2, 0.25) is 15.9 Å². The summed E-state index contributed by atoms with van der Waals surface area (Å²) in [6.45, 7) is 14.7. The van der Waals surface area contributed by atoms with Gasteiger partial charge in [0.05, 0.1) is 11.4 Å². The third kappa shape index (κ3) is 5.78. The highest BCUT2D eigenvalue weighted by Crippen LogP contribution is 2.25. The standard InChI is InChI=1S/C21H35N3O3S/c1-16(2)17(3)22-20(25)15-23-11-13-24(14-12-23)28(26,27)19-9-7-18(8-10-19)21(4,5)6/h7-10,16-17H,11-15H2,1-6H3,(H,22,25)/t17-/m0/s1. The summed E-state index contributed by atoms with van der Waals surface area (Å²) in [5.74, 6) is 0.380. The molecule has 2 rings (SSSR count). The normalized spacial score (nSPS) is 18.2. The van der Waals surface area contributed by atoms with Crippen LogP contribution < -0.4 is 5.32 Å². The third-order valence-corrected chi connectivity index (χ3v) is 7.36. The average Bonchev–Trinajstić information content (AvgIpc) is 2.61. The van der Waals surface area contributed by atoms with Gasteiger partial charge in [0.25, 0.3) is 0 Å². The molecular formula is C21H35N3O3S. The van der Waals surface area contributed by atoms with Gasteiger partial charge in [0, 0.05) is 32.2 Å². The number of nitrogens with one attached hydrogen (secondary N) is 1. The van der Waals surface area contributed by atoms with Crippen molar-refractivity contribution in [2.24, 2.45) is 5.92 Å². The Hall–Kier alpha value is -1.44. The van der Waals surface area contributed by atoms with Gasteiger partial charge in [-0.1, -0.05) is 46.8 Å². The van der Waals surface area contributed by atoms with Crippen LogP contribution in [0.3, 0.4) is 0 Å². The van der Waals surface area contributed by atoms with Gasteiger partial charge in [-0.15, -0.1) is 0 Å². The molecule has 0 radical (unpaired) electrons. The molecule has 1 aliphatic rings. The number of rotatable bonds is 6. The predicted molar refractivity (Wildman–Crippen MR) is 113 cm³/mol. The van der Waals surface area contributed by atoms with E-state index < -0.39 is 10.0 Å². The first-order chi connectivity index (χ1) is 12.9. The molecule has 0 aromatic heterocycles. The maximum absolute atomic E-state index is 12.9. The Labute approximate surface area is 170 Å². The summed E-state index contributed by atoms with van der Waals surface area (Å²) in [7, 11) is -3.50. The summed E-state index contributed by atoms with van der Waals surface area (Å²) in [5.41, 5.74) is 1.10. The first-order valence-electron chi connectivity index (χ1n) is 10.0. The highest BCUT2D eigenvalue weighted by atomic mass is 32.2. The molecule has 7 heteroatoms. The lowest BCUT2D eigenvalue weighted by Crippen LogP contribution is -2.51. The van der Waals surface area contributed by atoms with Crippen molar-refractivity contribution in [1.29, 1.82) is 0 Å². The van der Waals surface area contributed by atoms with E-state index in [-0.39, 0.29) is 17.4 Å². The molecular weight excluding hydrogens is 374 g/mol. The van der Waals surface area contributed by atoms with Gasteiger partial charge >= 0.3 is 0 Å². The van der Waals surface area contributed by atoms with E-state index in [1.807, 2.05) is 24.0 Å². The van der Waals surface area contributed by atoms with E-state index in [1.54, 1.807) is 12.1 Å². The Bertz CT molecular complexity index is 759. The van der Waals surface area contributed by atoms with Crippen LogP contribution in [0.5, 0.6) is 0 Å². The van der Waals surface area contributed by atoms with Crippen molar-refractivity contribution in [3.8, 4) is 0 Å². The second-order valence-corrected chi connectivity index (χ2v) is 11.0. The van der Waals surface area contributed by atoms with Crippen molar-refractivity contribution in [1.82, 2.24) is 14.5 Å². The van der Waals surface area contributed by atoms with Crippen LogP contribution in [-0.4, -0.2) is 62.3 Å². The molecule has 1 aliphatic heterocycles. The molecule has 1 N–H and O–H groups in total. The fourth-order valence-electron chi connectivity index (χ4n) is 3.07. The molecule has 0 unspecified atom stereocenters. The number of carbonyl (C=O) groups excluding carboxylic acids is 1. The molecule has 28 heavy (non-hydrogen) atoms. The fraction of sp³-hybridized carbons (Fsp3) is 0.667. The molecule has 158 valence electrons. The Kier molecular flexibility index (Phi) is 7.28. The van der Waals surface area contributed by atoms with Gasteiger partial charge in [-0.25, -0.2) is 8.42 Å². The monoisotopic (exact) mass is 409 g/mol. The van der Waals surface area contributed by atoms with E-state index in [0.29, 0.717) is 43.5 Å². The smallest absolute Gasteiger partial charge is 0.243 e. The molecule has 6 nitrogen and oxygen atoms in total. The maximum atomic E-state index is 12.9. The van der Waals surface area contributed by atoms with E-state index in [0.717, 1.165) is 5.56 Å². The summed E-state index contributed by atoms with van der Waals surface area (Å²) in [6.07, 6.45) is 0. The molecule has 1 atom stereocenters. The Morgan fingerprint density at radius 3 is 2.04 bits per heavy atom. The Morgan fingerprint density at radius 2 is 1.57 bits per heavy atom. The zero-order valence-electron chi connectivity index (χ0n) is 18.0. The minimum atomic E-state index is -3.50. The molecule has 0 saturated carbocycles. The molecule has 1 aromatic rings. The molecule has 1 heterocycles. The predicted octanol–water partition coefficient (Wildman–Crippen LogP) is 2.45. The van der Waals surface area contributed by atoms with Crippen LogP contribution in [-0.2, 0) is 20.2 Å². The fourth-order valence-corrected chi connectivity index (χ4v) is 4.50. The van der Waals surface area contributed by atoms with Crippen molar-refractivity contribution in [3.63, 3.8) is 0 Å². The summed E-state index contributed by atoms with van der Waals surface area (Å²) < 4.78 is 27.4. The maximum Gasteiger partial charge on any atom is 0.243 e. The van der Waals surface area contributed by atoms with Crippen molar-refractivity contribution in [3.05, 3.63) is 29.8 Å². The highest BCUT2D eigenvalue weighted by Gasteiger charge is 2.29. The van der Waals surface area contributed by atoms with E-state index in [9.17, 15) is 13.2 Å². The van der Waals surface area contributed by atoms with Gasteiger partial charge in [-0.05, 0) is 36.0 Å². The molecule has 1 fully saturated rings. The number of carbonyl (C=O) groups is 1. The zero-order valence-corrected chi connectivity index (χ0v) is 18.8. The van der Waals surface area contributed by atoms with Crippen LogP contribution in [0.4, 0.5) is 0 Å². The average molecular weight is 410 g/mol. The first-order valence-corrected chi connectivity index (χ1v) is 11.5. The number of nitrogens with zero attached hydrogens (tertiary/aromatic N) is 2. The van der Waals surface area contributed by atoms with Crippen LogP contribution >= 0.6 is 0 Å². The first kappa shape index (κ1) is 22.8. The number of piperazine rings is 1. The van der Waals surface area contributed by atoms with Gasteiger partial charge in [0.1, 0.15) is 0 Å². The molecule has 0 bridgehead atoms. The van der Waals surface area contributed by atoms with Crippen LogP contribution in [0, 0.1) is 5.92 Å². The summed E-state index contributed by atoms with van der Waals surface area (Å²) in [6, 6.07) is 7.31. The highest BCUT2D eigenvalue weighted by molar-refractivity contribution is 7.89. The van der Waals surface area contributed by atoms with Gasteiger partial charge in [-0.2, -0.15) is 4.31 Å². The zero-order chi connectivity index (χ0) is 21.1. The van der Waals surface area contributed by atoms with Crippen LogP contribution in [0.1, 0.15) is 47.1 Å². The SMILES string of the molecule is CC(C)[C@H](C)NC(=O)CN1CCN(S(=O)(=O)c2ccc(C(C)(C)C)cc2)CC1. The molecule has 0 spiro atoms. The molecule has 1 saturated heterocycles. The van der Waals surface area contributed by atoms with E-state index in [1.165, 1.54) is 4.31 Å². The second-order valence-electron chi connectivity index (χ2n) is 9.05. The van der Waals surface area contributed by atoms with E-state index in [4.69, 9.17) is 0 Å². The van der Waals surface area contributed by atoms with Crippen molar-refractivity contribution in [2.45, 2.75) is 57.9 Å². The minimum Gasteiger partial charge on any atom is -0.352 e. The largest absolute Gasteiger partial charge is 0.352 e. The van der Waals surface area contributed by atoms with E-state index >= 15 is 0 Å². The van der Waals surface area contributed by atoms with Gasteiger partial charge < -0.3 is 5.32 Å². The lowest BCUT2D eigenvalue weighted by molar-refractivity contribution is -0.123. The van der Waals surface area contributed by atoms with Crippen molar-refractivity contribution < 1.29 is 13.2 Å². The second kappa shape index (κ2) is 8.93. The molecule has 1 amide bonds. The Morgan fingerprint density at radius 1 is 1.04 bits per heavy atom.